The van der Waals surface area contributed by atoms with Crippen LogP contribution in [0.2, 0.25) is 0 Å². The Morgan fingerprint density at radius 1 is 1.09 bits per heavy atom. The van der Waals surface area contributed by atoms with Gasteiger partial charge in [-0.2, -0.15) is 0 Å². The van der Waals surface area contributed by atoms with Gasteiger partial charge in [0.05, 0.1) is 17.6 Å². The van der Waals surface area contributed by atoms with E-state index in [9.17, 15) is 13.5 Å². The zero-order valence-electron chi connectivity index (χ0n) is 12.7. The summed E-state index contributed by atoms with van der Waals surface area (Å²) >= 11 is 0. The Kier molecular flexibility index (Phi) is 5.59. The molecule has 0 saturated carbocycles. The van der Waals surface area contributed by atoms with Crippen molar-refractivity contribution < 1.29 is 18.6 Å². The van der Waals surface area contributed by atoms with Gasteiger partial charge >= 0.3 is 0 Å². The molecule has 0 aliphatic rings. The van der Waals surface area contributed by atoms with Gasteiger partial charge in [0, 0.05) is 17.9 Å². The van der Waals surface area contributed by atoms with Crippen LogP contribution >= 0.6 is 0 Å². The summed E-state index contributed by atoms with van der Waals surface area (Å²) in [6, 6.07) is 13.3. The molecule has 4 N–H and O–H groups in total. The minimum absolute atomic E-state index is 0.113. The van der Waals surface area contributed by atoms with Crippen LogP contribution in [0.5, 0.6) is 0 Å². The number of anilines is 2. The van der Waals surface area contributed by atoms with E-state index in [0.717, 1.165) is 5.56 Å². The Morgan fingerprint density at radius 2 is 1.78 bits per heavy atom. The van der Waals surface area contributed by atoms with E-state index >= 15 is 0 Å². The van der Waals surface area contributed by atoms with Gasteiger partial charge in [-0.05, 0) is 37.3 Å². The Bertz CT molecular complexity index is 745. The summed E-state index contributed by atoms with van der Waals surface area (Å²) < 4.78 is 27.3. The smallest absolute Gasteiger partial charge is 0.261 e. The van der Waals surface area contributed by atoms with E-state index in [0.29, 0.717) is 11.4 Å². The van der Waals surface area contributed by atoms with Crippen molar-refractivity contribution in [3.63, 3.8) is 0 Å². The van der Waals surface area contributed by atoms with Crippen LogP contribution in [0.15, 0.2) is 53.4 Å². The summed E-state index contributed by atoms with van der Waals surface area (Å²) in [5.41, 5.74) is 2.08. The number of aryl methyl sites for hydroxylation is 1. The molecule has 0 aliphatic heterocycles. The van der Waals surface area contributed by atoms with Gasteiger partial charge < -0.3 is 15.5 Å². The molecule has 0 heterocycles. The molecule has 0 fully saturated rings. The second-order valence-corrected chi connectivity index (χ2v) is 6.90. The molecule has 6 nitrogen and oxygen atoms in total. The third-order valence-corrected chi connectivity index (χ3v) is 4.58. The highest BCUT2D eigenvalue weighted by Crippen LogP contribution is 2.19. The SMILES string of the molecule is Cc1ccc(NS(=O)(=O)c2cccc(NCC(O)CO)c2)cc1. The van der Waals surface area contributed by atoms with Crippen molar-refractivity contribution in [1.29, 1.82) is 0 Å². The topological polar surface area (TPSA) is 98.7 Å². The van der Waals surface area contributed by atoms with Crippen LogP contribution in [-0.4, -0.2) is 37.9 Å². The largest absolute Gasteiger partial charge is 0.394 e. The molecule has 1 atom stereocenters. The lowest BCUT2D eigenvalue weighted by Gasteiger charge is -2.12. The number of sulfonamides is 1. The average Bonchev–Trinajstić information content (AvgIpc) is 2.55. The molecule has 1 unspecified atom stereocenters. The van der Waals surface area contributed by atoms with Crippen LogP contribution in [0.25, 0.3) is 0 Å². The van der Waals surface area contributed by atoms with Crippen molar-refractivity contribution in [2.24, 2.45) is 0 Å². The summed E-state index contributed by atoms with van der Waals surface area (Å²) in [4.78, 5) is 0.113. The molecule has 0 spiro atoms. The van der Waals surface area contributed by atoms with Crippen LogP contribution in [0, 0.1) is 6.92 Å². The van der Waals surface area contributed by atoms with Gasteiger partial charge in [0.2, 0.25) is 0 Å². The molecule has 0 saturated heterocycles. The molecule has 2 rings (SSSR count). The standard InChI is InChI=1S/C16H20N2O4S/c1-12-5-7-13(8-6-12)18-23(21,22)16-4-2-3-14(9-16)17-10-15(20)11-19/h2-9,15,17-20H,10-11H2,1H3. The normalized spacial score (nSPS) is 12.7. The number of hydrogen-bond donors (Lipinski definition) is 4. The Morgan fingerprint density at radius 3 is 2.43 bits per heavy atom. The molecule has 0 aliphatic carbocycles. The van der Waals surface area contributed by atoms with E-state index in [1.54, 1.807) is 24.3 Å². The number of aliphatic hydroxyl groups excluding tert-OH is 2. The van der Waals surface area contributed by atoms with Crippen LogP contribution in [0.4, 0.5) is 11.4 Å². The van der Waals surface area contributed by atoms with Crippen molar-refractivity contribution in [3.05, 3.63) is 54.1 Å². The number of rotatable bonds is 7. The minimum atomic E-state index is -3.69. The molecule has 0 aromatic heterocycles. The molecule has 0 amide bonds. The summed E-state index contributed by atoms with van der Waals surface area (Å²) in [6.45, 7) is 1.69. The summed E-state index contributed by atoms with van der Waals surface area (Å²) in [5.74, 6) is 0. The summed E-state index contributed by atoms with van der Waals surface area (Å²) in [6.07, 6.45) is -0.902. The molecule has 0 bridgehead atoms. The van der Waals surface area contributed by atoms with Gasteiger partial charge in [-0.3, -0.25) is 4.72 Å². The first-order chi connectivity index (χ1) is 10.9. The first-order valence-corrected chi connectivity index (χ1v) is 8.61. The monoisotopic (exact) mass is 336 g/mol. The maximum absolute atomic E-state index is 12.4. The molecule has 2 aromatic carbocycles. The molecular weight excluding hydrogens is 316 g/mol. The first kappa shape index (κ1) is 17.3. The van der Waals surface area contributed by atoms with E-state index in [2.05, 4.69) is 10.0 Å². The fraction of sp³-hybridized carbons (Fsp3) is 0.250. The molecule has 23 heavy (non-hydrogen) atoms. The first-order valence-electron chi connectivity index (χ1n) is 7.13. The van der Waals surface area contributed by atoms with E-state index < -0.39 is 16.1 Å². The van der Waals surface area contributed by atoms with Crippen molar-refractivity contribution in [1.82, 2.24) is 0 Å². The second-order valence-electron chi connectivity index (χ2n) is 5.22. The number of benzene rings is 2. The number of aliphatic hydroxyl groups is 2. The quantitative estimate of drug-likeness (QED) is 0.615. The molecule has 2 aromatic rings. The Balaban J connectivity index is 2.14. The van der Waals surface area contributed by atoms with Crippen molar-refractivity contribution in [2.45, 2.75) is 17.9 Å². The van der Waals surface area contributed by atoms with Gasteiger partial charge in [0.15, 0.2) is 0 Å². The third-order valence-electron chi connectivity index (χ3n) is 3.20. The van der Waals surface area contributed by atoms with Gasteiger partial charge in [0.25, 0.3) is 10.0 Å². The third kappa shape index (κ3) is 4.95. The predicted molar refractivity (Wildman–Crippen MR) is 90.0 cm³/mol. The van der Waals surface area contributed by atoms with Crippen LogP contribution in [-0.2, 0) is 10.0 Å². The highest BCUT2D eigenvalue weighted by molar-refractivity contribution is 7.92. The molecule has 124 valence electrons. The Hall–Kier alpha value is -2.09. The molecular formula is C16H20N2O4S. The maximum atomic E-state index is 12.4. The zero-order valence-corrected chi connectivity index (χ0v) is 13.5. The lowest BCUT2D eigenvalue weighted by molar-refractivity contribution is 0.105. The van der Waals surface area contributed by atoms with Gasteiger partial charge in [0.1, 0.15) is 0 Å². The molecule has 7 heteroatoms. The van der Waals surface area contributed by atoms with Crippen molar-refractivity contribution in [2.75, 3.05) is 23.2 Å². The van der Waals surface area contributed by atoms with E-state index in [-0.39, 0.29) is 18.0 Å². The van der Waals surface area contributed by atoms with Gasteiger partial charge in [-0.25, -0.2) is 8.42 Å². The van der Waals surface area contributed by atoms with Crippen molar-refractivity contribution in [3.8, 4) is 0 Å². The highest BCUT2D eigenvalue weighted by Gasteiger charge is 2.14. The van der Waals surface area contributed by atoms with Crippen LogP contribution in [0.3, 0.4) is 0 Å². The summed E-state index contributed by atoms with van der Waals surface area (Å²) in [7, 11) is -3.69. The lowest BCUT2D eigenvalue weighted by Crippen LogP contribution is -2.23. The number of hydrogen-bond acceptors (Lipinski definition) is 5. The maximum Gasteiger partial charge on any atom is 0.261 e. The Labute approximate surface area is 135 Å². The van der Waals surface area contributed by atoms with Crippen LogP contribution < -0.4 is 10.0 Å². The zero-order chi connectivity index (χ0) is 16.9. The van der Waals surface area contributed by atoms with E-state index in [4.69, 9.17) is 5.11 Å². The van der Waals surface area contributed by atoms with E-state index in [1.807, 2.05) is 19.1 Å². The fourth-order valence-electron chi connectivity index (χ4n) is 1.91. The predicted octanol–water partition coefficient (Wildman–Crippen LogP) is 1.56. The second kappa shape index (κ2) is 7.45. The molecule has 0 radical (unpaired) electrons. The summed E-state index contributed by atoms with van der Waals surface area (Å²) in [5, 5.41) is 21.0. The highest BCUT2D eigenvalue weighted by atomic mass is 32.2. The van der Waals surface area contributed by atoms with Crippen LogP contribution in [0.1, 0.15) is 5.56 Å². The number of nitrogens with one attached hydrogen (secondary N) is 2. The van der Waals surface area contributed by atoms with E-state index in [1.165, 1.54) is 12.1 Å². The van der Waals surface area contributed by atoms with Gasteiger partial charge in [-0.15, -0.1) is 0 Å². The van der Waals surface area contributed by atoms with Crippen molar-refractivity contribution >= 4 is 21.4 Å². The van der Waals surface area contributed by atoms with Gasteiger partial charge in [-0.1, -0.05) is 23.8 Å². The lowest BCUT2D eigenvalue weighted by atomic mass is 10.2. The average molecular weight is 336 g/mol. The minimum Gasteiger partial charge on any atom is -0.394 e. The fourth-order valence-corrected chi connectivity index (χ4v) is 3.01.